The summed E-state index contributed by atoms with van der Waals surface area (Å²) in [5, 5.41) is 2.84. The van der Waals surface area contributed by atoms with E-state index in [4.69, 9.17) is 9.47 Å². The van der Waals surface area contributed by atoms with Crippen LogP contribution in [0.2, 0.25) is 0 Å². The lowest BCUT2D eigenvalue weighted by atomic mass is 10.1. The van der Waals surface area contributed by atoms with Gasteiger partial charge in [-0.15, -0.1) is 0 Å². The van der Waals surface area contributed by atoms with E-state index in [1.807, 2.05) is 0 Å². The van der Waals surface area contributed by atoms with E-state index < -0.39 is 10.0 Å². The minimum absolute atomic E-state index is 0.0394. The van der Waals surface area contributed by atoms with E-state index in [0.29, 0.717) is 22.7 Å². The second-order valence-corrected chi connectivity index (χ2v) is 9.25. The van der Waals surface area contributed by atoms with Crippen molar-refractivity contribution < 1.29 is 27.1 Å². The minimum atomic E-state index is -3.87. The largest absolute Gasteiger partial charge is 0.493 e. The summed E-state index contributed by atoms with van der Waals surface area (Å²) in [7, 11) is 0.451. The first-order valence-electron chi connectivity index (χ1n) is 10.0. The predicted molar refractivity (Wildman–Crippen MR) is 124 cm³/mol. The second-order valence-electron chi connectivity index (χ2n) is 7.28. The summed E-state index contributed by atoms with van der Waals surface area (Å²) in [6.07, 6.45) is 0. The molecule has 0 aliphatic rings. The van der Waals surface area contributed by atoms with E-state index in [1.54, 1.807) is 43.3 Å². The topological polar surface area (TPSA) is 84.9 Å². The average Bonchev–Trinajstić information content (AvgIpc) is 2.83. The van der Waals surface area contributed by atoms with Crippen molar-refractivity contribution >= 4 is 21.6 Å². The van der Waals surface area contributed by atoms with Crippen LogP contribution in [0.15, 0.2) is 71.6 Å². The average molecular weight is 473 g/mol. The molecule has 0 bridgehead atoms. The smallest absolute Gasteiger partial charge is 0.264 e. The molecule has 0 spiro atoms. The highest BCUT2D eigenvalue weighted by Crippen LogP contribution is 2.31. The van der Waals surface area contributed by atoms with Gasteiger partial charge in [0.15, 0.2) is 11.5 Å². The number of nitrogens with one attached hydrogen (secondary N) is 1. The number of benzene rings is 3. The van der Waals surface area contributed by atoms with Crippen LogP contribution < -0.4 is 19.1 Å². The zero-order valence-electron chi connectivity index (χ0n) is 18.7. The quantitative estimate of drug-likeness (QED) is 0.532. The van der Waals surface area contributed by atoms with E-state index in [0.717, 1.165) is 9.87 Å². The molecule has 3 aromatic carbocycles. The molecule has 0 aliphatic heterocycles. The van der Waals surface area contributed by atoms with Crippen molar-refractivity contribution in [2.75, 3.05) is 25.6 Å². The van der Waals surface area contributed by atoms with E-state index in [2.05, 4.69) is 5.32 Å². The molecule has 0 radical (unpaired) electrons. The Balaban J connectivity index is 1.76. The lowest BCUT2D eigenvalue weighted by Crippen LogP contribution is -2.28. The Morgan fingerprint density at radius 1 is 0.939 bits per heavy atom. The third kappa shape index (κ3) is 5.25. The molecule has 1 N–H and O–H groups in total. The van der Waals surface area contributed by atoms with Crippen LogP contribution in [0, 0.1) is 5.82 Å². The van der Waals surface area contributed by atoms with Crippen LogP contribution in [-0.2, 0) is 10.0 Å². The Hall–Kier alpha value is -3.59. The first kappa shape index (κ1) is 24.1. The zero-order chi connectivity index (χ0) is 24.2. The summed E-state index contributed by atoms with van der Waals surface area (Å²) < 4.78 is 50.7. The van der Waals surface area contributed by atoms with Crippen LogP contribution in [0.25, 0.3) is 0 Å². The van der Waals surface area contributed by atoms with Gasteiger partial charge in [0, 0.05) is 18.7 Å². The molecule has 0 saturated heterocycles. The van der Waals surface area contributed by atoms with Crippen LogP contribution in [0.5, 0.6) is 11.5 Å². The molecule has 3 rings (SSSR count). The Bertz CT molecular complexity index is 1230. The Morgan fingerprint density at radius 2 is 1.55 bits per heavy atom. The van der Waals surface area contributed by atoms with Gasteiger partial charge in [0.05, 0.1) is 30.8 Å². The molecule has 0 unspecified atom stereocenters. The number of methoxy groups -OCH3 is 2. The molecule has 0 fully saturated rings. The number of anilines is 1. The molecular formula is C24H25FN2O5S. The molecule has 1 atom stereocenters. The summed E-state index contributed by atoms with van der Waals surface area (Å²) in [6, 6.07) is 16.1. The third-order valence-corrected chi connectivity index (χ3v) is 7.01. The lowest BCUT2D eigenvalue weighted by molar-refractivity contribution is 0.0940. The summed E-state index contributed by atoms with van der Waals surface area (Å²) in [5.74, 6) is 0.0439. The highest BCUT2D eigenvalue weighted by Gasteiger charge is 2.23. The van der Waals surface area contributed by atoms with Gasteiger partial charge in [-0.2, -0.15) is 0 Å². The van der Waals surface area contributed by atoms with Crippen LogP contribution in [-0.4, -0.2) is 35.6 Å². The fourth-order valence-electron chi connectivity index (χ4n) is 3.21. The number of nitrogens with zero attached hydrogens (tertiary/aromatic N) is 1. The molecule has 0 aliphatic carbocycles. The summed E-state index contributed by atoms with van der Waals surface area (Å²) >= 11 is 0. The zero-order valence-corrected chi connectivity index (χ0v) is 19.5. The molecule has 0 heterocycles. The first-order chi connectivity index (χ1) is 15.7. The molecule has 7 nitrogen and oxygen atoms in total. The molecule has 0 aromatic heterocycles. The first-order valence-corrected chi connectivity index (χ1v) is 11.5. The molecule has 33 heavy (non-hydrogen) atoms. The van der Waals surface area contributed by atoms with Gasteiger partial charge in [0.2, 0.25) is 0 Å². The number of hydrogen-bond acceptors (Lipinski definition) is 5. The van der Waals surface area contributed by atoms with Gasteiger partial charge in [-0.25, -0.2) is 12.8 Å². The van der Waals surface area contributed by atoms with Crippen molar-refractivity contribution in [1.29, 1.82) is 0 Å². The van der Waals surface area contributed by atoms with Crippen molar-refractivity contribution in [2.45, 2.75) is 17.9 Å². The Labute approximate surface area is 192 Å². The molecule has 174 valence electrons. The van der Waals surface area contributed by atoms with Crippen LogP contribution >= 0.6 is 0 Å². The van der Waals surface area contributed by atoms with Gasteiger partial charge in [-0.3, -0.25) is 9.10 Å². The molecule has 0 saturated carbocycles. The Kier molecular flexibility index (Phi) is 7.23. The highest BCUT2D eigenvalue weighted by molar-refractivity contribution is 7.92. The summed E-state index contributed by atoms with van der Waals surface area (Å²) in [4.78, 5) is 12.6. The van der Waals surface area contributed by atoms with Crippen molar-refractivity contribution in [3.8, 4) is 11.5 Å². The summed E-state index contributed by atoms with van der Waals surface area (Å²) in [5.41, 5.74) is 1.51. The van der Waals surface area contributed by atoms with Crippen LogP contribution in [0.4, 0.5) is 10.1 Å². The maximum Gasteiger partial charge on any atom is 0.264 e. The molecule has 1 amide bonds. The lowest BCUT2D eigenvalue weighted by Gasteiger charge is -2.21. The molecular weight excluding hydrogens is 447 g/mol. The number of rotatable bonds is 8. The van der Waals surface area contributed by atoms with Crippen molar-refractivity contribution in [3.05, 3.63) is 83.7 Å². The maximum atomic E-state index is 13.1. The van der Waals surface area contributed by atoms with Crippen molar-refractivity contribution in [3.63, 3.8) is 0 Å². The number of hydrogen-bond donors (Lipinski definition) is 1. The monoisotopic (exact) mass is 472 g/mol. The van der Waals surface area contributed by atoms with Gasteiger partial charge < -0.3 is 14.8 Å². The van der Waals surface area contributed by atoms with Gasteiger partial charge in [0.25, 0.3) is 15.9 Å². The van der Waals surface area contributed by atoms with Gasteiger partial charge in [0.1, 0.15) is 5.82 Å². The molecule has 3 aromatic rings. The van der Waals surface area contributed by atoms with E-state index >= 15 is 0 Å². The highest BCUT2D eigenvalue weighted by atomic mass is 32.2. The standard InChI is InChI=1S/C24H25FN2O5S/c1-16(17-5-9-19(25)10-6-17)26-24(28)18-7-11-20(12-8-18)27(2)33(29,30)21-13-14-22(31-3)23(15-21)32-4/h5-16H,1-4H3,(H,26,28)/t16-/m0/s1. The third-order valence-electron chi connectivity index (χ3n) is 5.22. The van der Waals surface area contributed by atoms with Crippen LogP contribution in [0.3, 0.4) is 0 Å². The number of ether oxygens (including phenoxy) is 2. The number of sulfonamides is 1. The number of halogens is 1. The van der Waals surface area contributed by atoms with E-state index in [-0.39, 0.29) is 22.7 Å². The SMILES string of the molecule is COc1ccc(S(=O)(=O)N(C)c2ccc(C(=O)N[C@@H](C)c3ccc(F)cc3)cc2)cc1OC. The van der Waals surface area contributed by atoms with Crippen molar-refractivity contribution in [2.24, 2.45) is 0 Å². The minimum Gasteiger partial charge on any atom is -0.493 e. The van der Waals surface area contributed by atoms with Gasteiger partial charge in [-0.05, 0) is 61.0 Å². The molecule has 9 heteroatoms. The Morgan fingerprint density at radius 3 is 2.12 bits per heavy atom. The van der Waals surface area contributed by atoms with E-state index in [9.17, 15) is 17.6 Å². The number of carbonyl (C=O) groups excluding carboxylic acids is 1. The van der Waals surface area contributed by atoms with Crippen molar-refractivity contribution in [1.82, 2.24) is 5.32 Å². The maximum absolute atomic E-state index is 13.1. The van der Waals surface area contributed by atoms with Gasteiger partial charge in [-0.1, -0.05) is 12.1 Å². The number of amides is 1. The number of carbonyl (C=O) groups is 1. The predicted octanol–water partition coefficient (Wildman–Crippen LogP) is 4.16. The normalized spacial score (nSPS) is 12.0. The summed E-state index contributed by atoms with van der Waals surface area (Å²) in [6.45, 7) is 1.79. The van der Waals surface area contributed by atoms with Crippen LogP contribution in [0.1, 0.15) is 28.9 Å². The second kappa shape index (κ2) is 9.91. The fraction of sp³-hybridized carbons (Fsp3) is 0.208. The fourth-order valence-corrected chi connectivity index (χ4v) is 4.42. The van der Waals surface area contributed by atoms with Gasteiger partial charge >= 0.3 is 0 Å². The van der Waals surface area contributed by atoms with E-state index in [1.165, 1.54) is 51.6 Å².